The highest BCUT2D eigenvalue weighted by molar-refractivity contribution is 7.20. The molecule has 7 nitrogen and oxygen atoms in total. The van der Waals surface area contributed by atoms with Crippen LogP contribution in [-0.4, -0.2) is 48.4 Å². The van der Waals surface area contributed by atoms with Crippen molar-refractivity contribution in [2.24, 2.45) is 0 Å². The van der Waals surface area contributed by atoms with Crippen molar-refractivity contribution in [2.45, 2.75) is 13.5 Å². The van der Waals surface area contributed by atoms with Crippen LogP contribution in [0.15, 0.2) is 30.3 Å². The van der Waals surface area contributed by atoms with Gasteiger partial charge in [0.05, 0.1) is 30.3 Å². The van der Waals surface area contributed by atoms with Gasteiger partial charge in [-0.25, -0.2) is 4.39 Å². The van der Waals surface area contributed by atoms with Gasteiger partial charge >= 0.3 is 0 Å². The topological polar surface area (TPSA) is 85.2 Å². The number of fused-ring (bicyclic) bond motifs is 1. The maximum absolute atomic E-state index is 13.1. The van der Waals surface area contributed by atoms with Gasteiger partial charge in [0.2, 0.25) is 5.91 Å². The third-order valence-electron chi connectivity index (χ3n) is 4.11. The number of carbonyl (C=O) groups is 2. The molecule has 0 aliphatic heterocycles. The van der Waals surface area contributed by atoms with Crippen molar-refractivity contribution in [3.8, 4) is 0 Å². The third kappa shape index (κ3) is 4.73. The van der Waals surface area contributed by atoms with E-state index in [1.807, 2.05) is 6.92 Å². The second-order valence-corrected chi connectivity index (χ2v) is 7.26. The Morgan fingerprint density at radius 3 is 2.71 bits per heavy atom. The first kappa shape index (κ1) is 20.0. The van der Waals surface area contributed by atoms with E-state index in [4.69, 9.17) is 4.74 Å². The minimum Gasteiger partial charge on any atom is -0.383 e. The Morgan fingerprint density at radius 1 is 1.25 bits per heavy atom. The molecule has 0 saturated carbocycles. The molecule has 1 aromatic carbocycles. The molecule has 28 heavy (non-hydrogen) atoms. The van der Waals surface area contributed by atoms with Gasteiger partial charge in [0.1, 0.15) is 10.6 Å². The average Bonchev–Trinajstić information content (AvgIpc) is 3.23. The summed E-state index contributed by atoms with van der Waals surface area (Å²) >= 11 is 1.31. The number of ether oxygens (including phenoxy) is 1. The van der Waals surface area contributed by atoms with E-state index in [9.17, 15) is 14.0 Å². The molecule has 0 spiro atoms. The van der Waals surface area contributed by atoms with Gasteiger partial charge in [0.25, 0.3) is 5.91 Å². The number of nitrogens with one attached hydrogen (secondary N) is 2. The highest BCUT2D eigenvalue weighted by Crippen LogP contribution is 2.28. The Hall–Kier alpha value is -2.78. The second-order valence-electron chi connectivity index (χ2n) is 6.22. The number of hydrogen-bond donors (Lipinski definition) is 2. The van der Waals surface area contributed by atoms with Crippen molar-refractivity contribution in [2.75, 3.05) is 26.8 Å². The van der Waals surface area contributed by atoms with Gasteiger partial charge in [-0.05, 0) is 30.7 Å². The van der Waals surface area contributed by atoms with Crippen LogP contribution in [0.1, 0.15) is 20.9 Å². The summed E-state index contributed by atoms with van der Waals surface area (Å²) in [6.45, 7) is 3.07. The maximum atomic E-state index is 13.1. The van der Waals surface area contributed by atoms with Crippen LogP contribution in [0.3, 0.4) is 0 Å². The first-order valence-corrected chi connectivity index (χ1v) is 9.55. The Kier molecular flexibility index (Phi) is 6.37. The largest absolute Gasteiger partial charge is 0.383 e. The van der Waals surface area contributed by atoms with E-state index in [0.29, 0.717) is 24.6 Å². The lowest BCUT2D eigenvalue weighted by Gasteiger charge is -2.05. The minimum atomic E-state index is -0.309. The number of halogens is 1. The Balaban J connectivity index is 1.69. The molecular weight excluding hydrogens is 383 g/mol. The third-order valence-corrected chi connectivity index (χ3v) is 5.26. The minimum absolute atomic E-state index is 0.0997. The predicted octanol–water partition coefficient (Wildman–Crippen LogP) is 2.09. The van der Waals surface area contributed by atoms with Crippen molar-refractivity contribution in [3.05, 3.63) is 52.3 Å². The quantitative estimate of drug-likeness (QED) is 0.563. The lowest BCUT2D eigenvalue weighted by atomic mass is 10.2. The summed E-state index contributed by atoms with van der Waals surface area (Å²) in [5.74, 6) is -0.868. The van der Waals surface area contributed by atoms with Crippen molar-refractivity contribution in [3.63, 3.8) is 0 Å². The van der Waals surface area contributed by atoms with Crippen LogP contribution in [0.5, 0.6) is 0 Å². The molecule has 2 heterocycles. The first-order valence-electron chi connectivity index (χ1n) is 8.73. The lowest BCUT2D eigenvalue weighted by molar-refractivity contribution is -0.120. The van der Waals surface area contributed by atoms with E-state index in [2.05, 4.69) is 15.7 Å². The van der Waals surface area contributed by atoms with Gasteiger partial charge in [-0.3, -0.25) is 14.3 Å². The van der Waals surface area contributed by atoms with E-state index >= 15 is 0 Å². The monoisotopic (exact) mass is 404 g/mol. The molecule has 148 valence electrons. The summed E-state index contributed by atoms with van der Waals surface area (Å²) in [5.41, 5.74) is 1.72. The average molecular weight is 404 g/mol. The standard InChI is InChI=1S/C19H21FN4O3S/c1-12-15-9-16(18(26)22-10-17(25)21-7-8-27-2)28-19(15)24(23-12)11-13-3-5-14(20)6-4-13/h3-6,9H,7-8,10-11H2,1-2H3,(H,21,25)(H,22,26). The summed E-state index contributed by atoms with van der Waals surface area (Å²) in [6.07, 6.45) is 0. The molecule has 0 aliphatic rings. The van der Waals surface area contributed by atoms with E-state index in [0.717, 1.165) is 21.5 Å². The number of methoxy groups -OCH3 is 1. The van der Waals surface area contributed by atoms with Gasteiger partial charge in [-0.1, -0.05) is 12.1 Å². The van der Waals surface area contributed by atoms with Crippen LogP contribution in [0.4, 0.5) is 4.39 Å². The molecule has 9 heteroatoms. The number of hydrogen-bond acceptors (Lipinski definition) is 5. The van der Waals surface area contributed by atoms with Crippen molar-refractivity contribution in [1.29, 1.82) is 0 Å². The fourth-order valence-corrected chi connectivity index (χ4v) is 3.77. The summed E-state index contributed by atoms with van der Waals surface area (Å²) in [7, 11) is 1.55. The van der Waals surface area contributed by atoms with E-state index in [1.165, 1.54) is 23.5 Å². The highest BCUT2D eigenvalue weighted by atomic mass is 32.1. The molecule has 0 bridgehead atoms. The first-order chi connectivity index (χ1) is 13.5. The SMILES string of the molecule is COCCNC(=O)CNC(=O)c1cc2c(C)nn(Cc3ccc(F)cc3)c2s1. The van der Waals surface area contributed by atoms with Crippen LogP contribution < -0.4 is 10.6 Å². The van der Waals surface area contributed by atoms with E-state index in [1.54, 1.807) is 30.0 Å². The molecule has 2 amide bonds. The zero-order chi connectivity index (χ0) is 20.1. The lowest BCUT2D eigenvalue weighted by Crippen LogP contribution is -2.37. The molecule has 0 saturated heterocycles. The molecule has 0 radical (unpaired) electrons. The number of aryl methyl sites for hydroxylation is 1. The summed E-state index contributed by atoms with van der Waals surface area (Å²) < 4.78 is 19.7. The predicted molar refractivity (Wildman–Crippen MR) is 105 cm³/mol. The van der Waals surface area contributed by atoms with Gasteiger partial charge in [0, 0.05) is 19.0 Å². The zero-order valence-corrected chi connectivity index (χ0v) is 16.4. The molecule has 2 N–H and O–H groups in total. The Bertz CT molecular complexity index is 981. The van der Waals surface area contributed by atoms with Crippen LogP contribution >= 0.6 is 11.3 Å². The van der Waals surface area contributed by atoms with Gasteiger partial charge in [0.15, 0.2) is 0 Å². The number of nitrogens with zero attached hydrogens (tertiary/aromatic N) is 2. The molecular formula is C19H21FN4O3S. The summed E-state index contributed by atoms with van der Waals surface area (Å²) in [4.78, 5) is 25.4. The van der Waals surface area contributed by atoms with Gasteiger partial charge in [-0.2, -0.15) is 5.10 Å². The molecule has 3 aromatic rings. The van der Waals surface area contributed by atoms with Gasteiger partial charge in [-0.15, -0.1) is 11.3 Å². The van der Waals surface area contributed by atoms with Crippen molar-refractivity contribution in [1.82, 2.24) is 20.4 Å². The second kappa shape index (κ2) is 8.94. The van der Waals surface area contributed by atoms with Crippen LogP contribution in [-0.2, 0) is 16.1 Å². The number of thiophene rings is 1. The molecule has 0 aliphatic carbocycles. The molecule has 0 unspecified atom stereocenters. The number of rotatable bonds is 8. The fourth-order valence-electron chi connectivity index (χ4n) is 2.70. The van der Waals surface area contributed by atoms with Crippen molar-refractivity contribution < 1.29 is 18.7 Å². The number of benzene rings is 1. The van der Waals surface area contributed by atoms with E-state index < -0.39 is 0 Å². The van der Waals surface area contributed by atoms with Crippen LogP contribution in [0.25, 0.3) is 10.2 Å². The summed E-state index contributed by atoms with van der Waals surface area (Å²) in [5, 5.41) is 10.7. The number of amides is 2. The Morgan fingerprint density at radius 2 is 2.00 bits per heavy atom. The highest BCUT2D eigenvalue weighted by Gasteiger charge is 2.17. The Labute approximate surface area is 165 Å². The van der Waals surface area contributed by atoms with Crippen molar-refractivity contribution >= 4 is 33.4 Å². The molecule has 0 atom stereocenters. The van der Waals surface area contributed by atoms with Crippen LogP contribution in [0.2, 0.25) is 0 Å². The normalized spacial score (nSPS) is 11.0. The zero-order valence-electron chi connectivity index (χ0n) is 15.6. The summed E-state index contributed by atoms with van der Waals surface area (Å²) in [6, 6.07) is 8.02. The molecule has 2 aromatic heterocycles. The number of aromatic nitrogens is 2. The number of carbonyl (C=O) groups excluding carboxylic acids is 2. The maximum Gasteiger partial charge on any atom is 0.261 e. The fraction of sp³-hybridized carbons (Fsp3) is 0.316. The molecule has 0 fully saturated rings. The molecule has 3 rings (SSSR count). The van der Waals surface area contributed by atoms with Gasteiger partial charge < -0.3 is 15.4 Å². The smallest absolute Gasteiger partial charge is 0.261 e. The van der Waals surface area contributed by atoms with E-state index in [-0.39, 0.29) is 24.2 Å². The van der Waals surface area contributed by atoms with Crippen LogP contribution in [0, 0.1) is 12.7 Å².